The van der Waals surface area contributed by atoms with Crippen molar-refractivity contribution in [3.63, 3.8) is 0 Å². The summed E-state index contributed by atoms with van der Waals surface area (Å²) in [5, 5.41) is 8.11. The number of carbonyl (C=O) groups excluding carboxylic acids is 1. The fraction of sp³-hybridized carbons (Fsp3) is 0.190. The molecule has 2 heterocycles. The van der Waals surface area contributed by atoms with Crippen molar-refractivity contribution in [3.05, 3.63) is 58.6 Å². The van der Waals surface area contributed by atoms with Crippen molar-refractivity contribution in [2.75, 3.05) is 19.5 Å². The molecule has 2 aromatic heterocycles. The van der Waals surface area contributed by atoms with Crippen LogP contribution >= 0.6 is 0 Å². The molecule has 0 unspecified atom stereocenters. The number of methoxy groups -OCH3 is 2. The largest absolute Gasteiger partial charge is 0.493 e. The first-order chi connectivity index (χ1) is 14.0. The molecule has 1 N–H and O–H groups in total. The Hall–Kier alpha value is -3.81. The minimum absolute atomic E-state index is 0.0651. The van der Waals surface area contributed by atoms with Gasteiger partial charge in [-0.15, -0.1) is 0 Å². The van der Waals surface area contributed by atoms with E-state index in [1.807, 2.05) is 19.1 Å². The number of nitrogens with zero attached hydrogens (tertiary/aromatic N) is 2. The van der Waals surface area contributed by atoms with Gasteiger partial charge in [-0.1, -0.05) is 11.6 Å². The second kappa shape index (κ2) is 7.31. The molecule has 2 aromatic carbocycles. The van der Waals surface area contributed by atoms with E-state index in [0.29, 0.717) is 33.7 Å². The molecule has 0 aliphatic rings. The third-order valence-corrected chi connectivity index (χ3v) is 4.61. The molecule has 0 radical (unpaired) electrons. The number of benzene rings is 2. The van der Waals surface area contributed by atoms with Crippen LogP contribution in [-0.2, 0) is 11.3 Å². The minimum Gasteiger partial charge on any atom is -0.493 e. The molecule has 0 saturated heterocycles. The van der Waals surface area contributed by atoms with Crippen molar-refractivity contribution in [2.45, 2.75) is 13.5 Å². The van der Waals surface area contributed by atoms with E-state index in [1.54, 1.807) is 31.4 Å². The van der Waals surface area contributed by atoms with Gasteiger partial charge in [-0.25, -0.2) is 4.79 Å². The highest BCUT2D eigenvalue weighted by Crippen LogP contribution is 2.30. The normalized spacial score (nSPS) is 11.0. The molecule has 8 heteroatoms. The summed E-state index contributed by atoms with van der Waals surface area (Å²) in [6.45, 7) is 1.88. The van der Waals surface area contributed by atoms with Crippen LogP contribution in [0.1, 0.15) is 5.56 Å². The number of amides is 1. The molecule has 0 bridgehead atoms. The standard InChI is InChI=1S/C21H19N3O5/c1-12-4-6-16-14(8-12)20-15(21(26)29-16)10-22-24(20)11-19(25)23-13-5-7-17(27-2)18(9-13)28-3/h4-10H,11H2,1-3H3,(H,23,25). The fourth-order valence-corrected chi connectivity index (χ4v) is 3.26. The zero-order valence-electron chi connectivity index (χ0n) is 16.2. The maximum Gasteiger partial charge on any atom is 0.347 e. The molecular weight excluding hydrogens is 374 g/mol. The molecule has 0 saturated carbocycles. The van der Waals surface area contributed by atoms with E-state index in [1.165, 1.54) is 18.0 Å². The third kappa shape index (κ3) is 3.40. The van der Waals surface area contributed by atoms with Gasteiger partial charge >= 0.3 is 5.63 Å². The number of carbonyl (C=O) groups is 1. The van der Waals surface area contributed by atoms with Crippen LogP contribution in [0.25, 0.3) is 21.9 Å². The summed E-state index contributed by atoms with van der Waals surface area (Å²) < 4.78 is 17.3. The van der Waals surface area contributed by atoms with Crippen LogP contribution < -0.4 is 20.4 Å². The zero-order valence-corrected chi connectivity index (χ0v) is 16.2. The number of hydrogen-bond donors (Lipinski definition) is 1. The molecule has 0 fully saturated rings. The first kappa shape index (κ1) is 18.5. The van der Waals surface area contributed by atoms with Crippen LogP contribution in [0.3, 0.4) is 0 Å². The molecule has 148 valence electrons. The first-order valence-electron chi connectivity index (χ1n) is 8.91. The Labute approximate surface area is 165 Å². The molecule has 29 heavy (non-hydrogen) atoms. The van der Waals surface area contributed by atoms with Gasteiger partial charge in [-0.05, 0) is 31.2 Å². The first-order valence-corrected chi connectivity index (χ1v) is 8.91. The molecular formula is C21H19N3O5. The smallest absolute Gasteiger partial charge is 0.347 e. The van der Waals surface area contributed by atoms with Gasteiger partial charge in [0.1, 0.15) is 17.5 Å². The Balaban J connectivity index is 1.68. The van der Waals surface area contributed by atoms with Crippen LogP contribution in [0.15, 0.2) is 51.8 Å². The summed E-state index contributed by atoms with van der Waals surface area (Å²) in [4.78, 5) is 24.9. The number of anilines is 1. The number of nitrogens with one attached hydrogen (secondary N) is 1. The molecule has 0 spiro atoms. The number of hydrogen-bond acceptors (Lipinski definition) is 6. The van der Waals surface area contributed by atoms with Crippen LogP contribution in [0.5, 0.6) is 11.5 Å². The van der Waals surface area contributed by atoms with Gasteiger partial charge in [0.25, 0.3) is 0 Å². The maximum atomic E-state index is 12.6. The molecule has 0 aliphatic carbocycles. The molecule has 1 amide bonds. The quantitative estimate of drug-likeness (QED) is 0.524. The van der Waals surface area contributed by atoms with Gasteiger partial charge in [-0.3, -0.25) is 9.48 Å². The number of fused-ring (bicyclic) bond motifs is 3. The van der Waals surface area contributed by atoms with Crippen molar-refractivity contribution >= 4 is 33.5 Å². The van der Waals surface area contributed by atoms with Gasteiger partial charge in [0, 0.05) is 17.1 Å². The van der Waals surface area contributed by atoms with E-state index in [-0.39, 0.29) is 12.5 Å². The summed E-state index contributed by atoms with van der Waals surface area (Å²) in [7, 11) is 3.07. The summed E-state index contributed by atoms with van der Waals surface area (Å²) in [5.74, 6) is 0.780. The Morgan fingerprint density at radius 1 is 1.10 bits per heavy atom. The second-order valence-electron chi connectivity index (χ2n) is 6.57. The van der Waals surface area contributed by atoms with Gasteiger partial charge < -0.3 is 19.2 Å². The summed E-state index contributed by atoms with van der Waals surface area (Å²) >= 11 is 0. The van der Waals surface area contributed by atoms with Crippen molar-refractivity contribution < 1.29 is 18.7 Å². The van der Waals surface area contributed by atoms with Crippen LogP contribution in [0.4, 0.5) is 5.69 Å². The lowest BCUT2D eigenvalue weighted by atomic mass is 10.1. The number of aryl methyl sites for hydroxylation is 1. The maximum absolute atomic E-state index is 12.6. The number of rotatable bonds is 5. The van der Waals surface area contributed by atoms with E-state index < -0.39 is 5.63 Å². The molecule has 8 nitrogen and oxygen atoms in total. The number of aromatic nitrogens is 2. The van der Waals surface area contributed by atoms with Crippen molar-refractivity contribution in [3.8, 4) is 11.5 Å². The molecule has 0 aliphatic heterocycles. The highest BCUT2D eigenvalue weighted by molar-refractivity contribution is 6.03. The Morgan fingerprint density at radius 3 is 2.66 bits per heavy atom. The fourth-order valence-electron chi connectivity index (χ4n) is 3.26. The Morgan fingerprint density at radius 2 is 1.90 bits per heavy atom. The lowest BCUT2D eigenvalue weighted by Crippen LogP contribution is -2.19. The monoisotopic (exact) mass is 393 g/mol. The van der Waals surface area contributed by atoms with Gasteiger partial charge in [-0.2, -0.15) is 5.10 Å². The third-order valence-electron chi connectivity index (χ3n) is 4.61. The average Bonchev–Trinajstić information content (AvgIpc) is 3.13. The summed E-state index contributed by atoms with van der Waals surface area (Å²) in [6, 6.07) is 10.6. The van der Waals surface area contributed by atoms with E-state index in [2.05, 4.69) is 10.4 Å². The average molecular weight is 393 g/mol. The van der Waals surface area contributed by atoms with Crippen LogP contribution in [0.2, 0.25) is 0 Å². The van der Waals surface area contributed by atoms with Crippen molar-refractivity contribution in [2.24, 2.45) is 0 Å². The van der Waals surface area contributed by atoms with Crippen molar-refractivity contribution in [1.82, 2.24) is 9.78 Å². The molecule has 0 atom stereocenters. The van der Waals surface area contributed by atoms with Gasteiger partial charge in [0.15, 0.2) is 11.5 Å². The Bertz CT molecular complexity index is 1290. The predicted octanol–water partition coefficient (Wildman–Crippen LogP) is 3.11. The minimum atomic E-state index is -0.483. The Kier molecular flexibility index (Phi) is 4.67. The summed E-state index contributed by atoms with van der Waals surface area (Å²) in [6.07, 6.45) is 1.42. The van der Waals surface area contributed by atoms with E-state index >= 15 is 0 Å². The number of ether oxygens (including phenoxy) is 2. The zero-order chi connectivity index (χ0) is 20.5. The summed E-state index contributed by atoms with van der Waals surface area (Å²) in [5.41, 5.74) is 2.11. The van der Waals surface area contributed by atoms with E-state index in [0.717, 1.165) is 10.9 Å². The highest BCUT2D eigenvalue weighted by atomic mass is 16.5. The predicted molar refractivity (Wildman–Crippen MR) is 109 cm³/mol. The SMILES string of the molecule is COc1ccc(NC(=O)Cn2ncc3c(=O)oc4ccc(C)cc4c32)cc1OC. The second-order valence-corrected chi connectivity index (χ2v) is 6.57. The topological polar surface area (TPSA) is 95.6 Å². The van der Waals surface area contributed by atoms with Gasteiger partial charge in [0.2, 0.25) is 5.91 Å². The van der Waals surface area contributed by atoms with E-state index in [4.69, 9.17) is 13.9 Å². The molecule has 4 rings (SSSR count). The van der Waals surface area contributed by atoms with Gasteiger partial charge in [0.05, 0.1) is 25.9 Å². The van der Waals surface area contributed by atoms with Crippen molar-refractivity contribution in [1.29, 1.82) is 0 Å². The van der Waals surface area contributed by atoms with E-state index in [9.17, 15) is 9.59 Å². The lowest BCUT2D eigenvalue weighted by molar-refractivity contribution is -0.116. The van der Waals surface area contributed by atoms with Crippen LogP contribution in [-0.4, -0.2) is 29.9 Å². The lowest BCUT2D eigenvalue weighted by Gasteiger charge is -2.11. The highest BCUT2D eigenvalue weighted by Gasteiger charge is 2.16. The van der Waals surface area contributed by atoms with Crippen LogP contribution in [0, 0.1) is 6.92 Å². The molecule has 4 aromatic rings.